The number of ether oxygens (including phenoxy) is 1. The van der Waals surface area contributed by atoms with Crippen LogP contribution in [0.1, 0.15) is 116 Å². The van der Waals surface area contributed by atoms with Crippen LogP contribution in [-0.4, -0.2) is 18.0 Å². The van der Waals surface area contributed by atoms with Crippen LogP contribution >= 0.6 is 0 Å². The first-order chi connectivity index (χ1) is 12.3. The molecular formula is C23H40O2. The van der Waals surface area contributed by atoms with E-state index in [-0.39, 0.29) is 6.10 Å². The van der Waals surface area contributed by atoms with Crippen molar-refractivity contribution >= 4 is 5.78 Å². The van der Waals surface area contributed by atoms with Crippen molar-refractivity contribution in [2.24, 2.45) is 11.8 Å². The lowest BCUT2D eigenvalue weighted by Gasteiger charge is -2.33. The van der Waals surface area contributed by atoms with Gasteiger partial charge in [0.15, 0.2) is 5.78 Å². The van der Waals surface area contributed by atoms with E-state index in [4.69, 9.17) is 4.74 Å². The summed E-state index contributed by atoms with van der Waals surface area (Å²) in [5.74, 6) is 2.07. The van der Waals surface area contributed by atoms with Crippen LogP contribution in [0.2, 0.25) is 0 Å². The molecule has 0 aromatic heterocycles. The summed E-state index contributed by atoms with van der Waals surface area (Å²) in [6.45, 7) is 0. The van der Waals surface area contributed by atoms with Crippen LogP contribution in [0.5, 0.6) is 0 Å². The van der Waals surface area contributed by atoms with Gasteiger partial charge < -0.3 is 4.74 Å². The highest BCUT2D eigenvalue weighted by Gasteiger charge is 2.30. The fraction of sp³-hybridized carbons (Fsp3) is 0.957. The van der Waals surface area contributed by atoms with Gasteiger partial charge >= 0.3 is 0 Å². The van der Waals surface area contributed by atoms with Crippen molar-refractivity contribution in [2.75, 3.05) is 0 Å². The van der Waals surface area contributed by atoms with Crippen molar-refractivity contribution in [2.45, 2.75) is 128 Å². The van der Waals surface area contributed by atoms with Crippen LogP contribution in [0, 0.1) is 11.8 Å². The van der Waals surface area contributed by atoms with E-state index in [0.29, 0.717) is 17.8 Å². The van der Waals surface area contributed by atoms with Gasteiger partial charge in [0.1, 0.15) is 6.10 Å². The fourth-order valence-electron chi connectivity index (χ4n) is 5.48. The van der Waals surface area contributed by atoms with E-state index >= 15 is 0 Å². The highest BCUT2D eigenvalue weighted by atomic mass is 16.5. The second-order valence-corrected chi connectivity index (χ2v) is 9.06. The minimum absolute atomic E-state index is 0.0742. The molecule has 0 N–H and O–H groups in total. The molecule has 4 saturated carbocycles. The zero-order chi connectivity index (χ0) is 17.3. The molecule has 2 nitrogen and oxygen atoms in total. The van der Waals surface area contributed by atoms with Crippen molar-refractivity contribution in [3.63, 3.8) is 0 Å². The minimum atomic E-state index is -0.0742. The topological polar surface area (TPSA) is 26.3 Å². The van der Waals surface area contributed by atoms with Gasteiger partial charge in [-0.05, 0) is 50.4 Å². The summed E-state index contributed by atoms with van der Waals surface area (Å²) in [5, 5.41) is 0. The molecule has 0 aliphatic heterocycles. The lowest BCUT2D eigenvalue weighted by Crippen LogP contribution is -2.35. The maximum absolute atomic E-state index is 12.3. The Bertz CT molecular complexity index is 378. The highest BCUT2D eigenvalue weighted by Crippen LogP contribution is 2.33. The van der Waals surface area contributed by atoms with E-state index in [1.807, 2.05) is 0 Å². The quantitative estimate of drug-likeness (QED) is 0.561. The van der Waals surface area contributed by atoms with E-state index in [9.17, 15) is 4.79 Å². The molecule has 2 atom stereocenters. The Labute approximate surface area is 155 Å². The molecule has 2 unspecified atom stereocenters. The van der Waals surface area contributed by atoms with E-state index < -0.39 is 0 Å². The molecule has 144 valence electrons. The third-order valence-corrected chi connectivity index (χ3v) is 7.09. The number of rotatable bonds is 2. The van der Waals surface area contributed by atoms with Gasteiger partial charge in [0, 0.05) is 6.42 Å². The predicted molar refractivity (Wildman–Crippen MR) is 104 cm³/mol. The molecule has 0 radical (unpaired) electrons. The van der Waals surface area contributed by atoms with Gasteiger partial charge in [-0.3, -0.25) is 4.79 Å². The first-order valence-corrected chi connectivity index (χ1v) is 11.5. The molecule has 2 heteroatoms. The van der Waals surface area contributed by atoms with E-state index in [1.165, 1.54) is 96.3 Å². The number of hydrogen-bond donors (Lipinski definition) is 0. The van der Waals surface area contributed by atoms with Crippen LogP contribution in [0.4, 0.5) is 0 Å². The van der Waals surface area contributed by atoms with Crippen molar-refractivity contribution in [3.05, 3.63) is 0 Å². The van der Waals surface area contributed by atoms with Gasteiger partial charge in [-0.1, -0.05) is 70.6 Å². The monoisotopic (exact) mass is 348 g/mol. The SMILES string of the molecule is O=C1CCCCC1OC1CCCCC2CCCCCC1CCCCC2. The molecule has 0 heterocycles. The molecule has 0 amide bonds. The molecule has 0 spiro atoms. The first-order valence-electron chi connectivity index (χ1n) is 11.5. The van der Waals surface area contributed by atoms with Gasteiger partial charge in [0.25, 0.3) is 0 Å². The Morgan fingerprint density at radius 3 is 1.84 bits per heavy atom. The predicted octanol–water partition coefficient (Wildman–Crippen LogP) is 6.60. The van der Waals surface area contributed by atoms with Crippen molar-refractivity contribution < 1.29 is 9.53 Å². The van der Waals surface area contributed by atoms with Gasteiger partial charge in [0.05, 0.1) is 6.10 Å². The van der Waals surface area contributed by atoms with Crippen LogP contribution in [0.3, 0.4) is 0 Å². The second-order valence-electron chi connectivity index (χ2n) is 9.06. The van der Waals surface area contributed by atoms with Crippen LogP contribution in [0.25, 0.3) is 0 Å². The van der Waals surface area contributed by atoms with E-state index in [1.54, 1.807) is 0 Å². The van der Waals surface area contributed by atoms with E-state index in [0.717, 1.165) is 25.2 Å². The largest absolute Gasteiger partial charge is 0.367 e. The highest BCUT2D eigenvalue weighted by molar-refractivity contribution is 5.83. The molecule has 4 aliphatic rings. The zero-order valence-corrected chi connectivity index (χ0v) is 16.4. The van der Waals surface area contributed by atoms with Crippen molar-refractivity contribution in [1.82, 2.24) is 0 Å². The summed E-state index contributed by atoms with van der Waals surface area (Å²) in [7, 11) is 0. The number of carbonyl (C=O) groups is 1. The third-order valence-electron chi connectivity index (χ3n) is 7.09. The molecule has 4 rings (SSSR count). The Kier molecular flexibility index (Phi) is 8.30. The molecule has 0 saturated heterocycles. The number of ketones is 1. The molecule has 25 heavy (non-hydrogen) atoms. The minimum Gasteiger partial charge on any atom is -0.367 e. The average molecular weight is 349 g/mol. The summed E-state index contributed by atoms with van der Waals surface area (Å²) in [5.41, 5.74) is 0. The van der Waals surface area contributed by atoms with Gasteiger partial charge in [-0.2, -0.15) is 0 Å². The summed E-state index contributed by atoms with van der Waals surface area (Å²) in [6, 6.07) is 0. The second kappa shape index (κ2) is 10.7. The summed E-state index contributed by atoms with van der Waals surface area (Å²) >= 11 is 0. The van der Waals surface area contributed by atoms with Gasteiger partial charge in [-0.15, -0.1) is 0 Å². The summed E-state index contributed by atoms with van der Waals surface area (Å²) < 4.78 is 6.55. The number of hydrogen-bond acceptors (Lipinski definition) is 2. The Balaban J connectivity index is 1.66. The Morgan fingerprint density at radius 1 is 0.600 bits per heavy atom. The average Bonchev–Trinajstić information content (AvgIpc) is 2.59. The number of Topliss-reactive ketones (excluding diaryl/α,β-unsaturated/α-hetero) is 1. The Morgan fingerprint density at radius 2 is 1.16 bits per heavy atom. The third kappa shape index (κ3) is 6.38. The number of carbonyl (C=O) groups excluding carboxylic acids is 1. The molecule has 4 fully saturated rings. The molecule has 2 bridgehead atoms. The standard InChI is InChI=1S/C23H40O2/c24-21-16-8-10-18-23(21)25-22-17-9-7-13-19-11-3-1-5-14-20(22)15-6-2-4-12-19/h19-20,22-23H,1-18H2. The van der Waals surface area contributed by atoms with Gasteiger partial charge in [-0.25, -0.2) is 0 Å². The molecule has 0 aromatic carbocycles. The van der Waals surface area contributed by atoms with Crippen LogP contribution in [-0.2, 0) is 9.53 Å². The lowest BCUT2D eigenvalue weighted by atomic mass is 9.82. The molecule has 0 aromatic rings. The zero-order valence-electron chi connectivity index (χ0n) is 16.4. The lowest BCUT2D eigenvalue weighted by molar-refractivity contribution is -0.141. The van der Waals surface area contributed by atoms with E-state index in [2.05, 4.69) is 0 Å². The summed E-state index contributed by atoms with van der Waals surface area (Å²) in [4.78, 5) is 12.3. The normalized spacial score (nSPS) is 36.6. The van der Waals surface area contributed by atoms with Crippen molar-refractivity contribution in [3.8, 4) is 0 Å². The maximum atomic E-state index is 12.3. The fourth-order valence-corrected chi connectivity index (χ4v) is 5.48. The maximum Gasteiger partial charge on any atom is 0.161 e. The van der Waals surface area contributed by atoms with Crippen LogP contribution in [0.15, 0.2) is 0 Å². The molecule has 4 aliphatic carbocycles. The summed E-state index contributed by atoms with van der Waals surface area (Å²) in [6.07, 6.45) is 23.6. The number of fused-ring (bicyclic) bond motifs is 12. The smallest absolute Gasteiger partial charge is 0.161 e. The van der Waals surface area contributed by atoms with Crippen molar-refractivity contribution in [1.29, 1.82) is 0 Å². The van der Waals surface area contributed by atoms with Crippen LogP contribution < -0.4 is 0 Å². The Hall–Kier alpha value is -0.370. The van der Waals surface area contributed by atoms with Gasteiger partial charge in [0.2, 0.25) is 0 Å². The molecular weight excluding hydrogens is 308 g/mol. The first kappa shape index (κ1) is 19.4.